The largest absolute Gasteiger partial charge is 0.357 e. The number of rotatable bonds is 4. The van der Waals surface area contributed by atoms with E-state index in [0.717, 1.165) is 16.8 Å². The van der Waals surface area contributed by atoms with Crippen molar-refractivity contribution in [1.82, 2.24) is 9.97 Å². The number of hydrogen-bond donors (Lipinski definition) is 1. The molecule has 0 unspecified atom stereocenters. The lowest BCUT2D eigenvalue weighted by Gasteiger charge is -2.14. The van der Waals surface area contributed by atoms with Crippen LogP contribution in [0.2, 0.25) is 0 Å². The van der Waals surface area contributed by atoms with Gasteiger partial charge in [0, 0.05) is 19.8 Å². The van der Waals surface area contributed by atoms with E-state index in [9.17, 15) is 10.1 Å². The van der Waals surface area contributed by atoms with Crippen LogP contribution in [0.5, 0.6) is 0 Å². The van der Waals surface area contributed by atoms with Gasteiger partial charge in [-0.15, -0.1) is 0 Å². The molecule has 0 aliphatic heterocycles. The zero-order valence-electron chi connectivity index (χ0n) is 12.4. The maximum atomic E-state index is 11.3. The molecule has 0 amide bonds. The molecule has 7 heteroatoms. The highest BCUT2D eigenvalue weighted by Gasteiger charge is 2.24. The number of anilines is 3. The van der Waals surface area contributed by atoms with Gasteiger partial charge in [-0.3, -0.25) is 10.1 Å². The van der Waals surface area contributed by atoms with Gasteiger partial charge >= 0.3 is 5.69 Å². The molecule has 21 heavy (non-hydrogen) atoms. The molecule has 110 valence electrons. The number of nitrogens with one attached hydrogen (secondary N) is 1. The number of hydrogen-bond acceptors (Lipinski definition) is 6. The number of benzene rings is 1. The van der Waals surface area contributed by atoms with Crippen LogP contribution in [0.4, 0.5) is 23.0 Å². The van der Waals surface area contributed by atoms with Gasteiger partial charge in [0.2, 0.25) is 11.6 Å². The first-order valence-corrected chi connectivity index (χ1v) is 6.41. The van der Waals surface area contributed by atoms with Crippen LogP contribution in [-0.4, -0.2) is 29.0 Å². The van der Waals surface area contributed by atoms with Gasteiger partial charge in [-0.05, 0) is 37.1 Å². The first kappa shape index (κ1) is 14.7. The molecule has 0 bridgehead atoms. The second-order valence-corrected chi connectivity index (χ2v) is 4.97. The second kappa shape index (κ2) is 5.74. The van der Waals surface area contributed by atoms with E-state index in [4.69, 9.17) is 0 Å². The number of nitrogens with zero attached hydrogens (tertiary/aromatic N) is 4. The molecule has 0 aliphatic carbocycles. The third kappa shape index (κ3) is 3.07. The molecule has 0 saturated heterocycles. The van der Waals surface area contributed by atoms with Crippen LogP contribution in [0.3, 0.4) is 0 Å². The molecule has 0 spiro atoms. The van der Waals surface area contributed by atoms with Crippen LogP contribution in [-0.2, 0) is 0 Å². The van der Waals surface area contributed by atoms with Gasteiger partial charge in [0.05, 0.1) is 4.92 Å². The predicted molar refractivity (Wildman–Crippen MR) is 82.2 cm³/mol. The molecule has 2 rings (SSSR count). The summed E-state index contributed by atoms with van der Waals surface area (Å²) in [6, 6.07) is 5.75. The molecule has 7 nitrogen and oxygen atoms in total. The van der Waals surface area contributed by atoms with Crippen molar-refractivity contribution in [1.29, 1.82) is 0 Å². The Morgan fingerprint density at radius 2 is 1.90 bits per heavy atom. The smallest absolute Gasteiger partial charge is 0.353 e. The van der Waals surface area contributed by atoms with Gasteiger partial charge in [0.15, 0.2) is 0 Å². The Balaban J connectivity index is 2.46. The molecular formula is C14H17N5O2. The minimum absolute atomic E-state index is 0.138. The van der Waals surface area contributed by atoms with Crippen molar-refractivity contribution in [2.45, 2.75) is 13.8 Å². The summed E-state index contributed by atoms with van der Waals surface area (Å²) in [6.45, 7) is 4.00. The van der Waals surface area contributed by atoms with Crippen molar-refractivity contribution in [3.05, 3.63) is 45.8 Å². The lowest BCUT2D eigenvalue weighted by atomic mass is 10.1. The Morgan fingerprint density at radius 3 is 2.48 bits per heavy atom. The first-order chi connectivity index (χ1) is 9.90. The third-order valence-corrected chi connectivity index (χ3v) is 3.18. The Bertz CT molecular complexity index is 685. The standard InChI is InChI=1S/C14H17N5O2/c1-9-5-6-11(7-10(9)2)17-13-12(19(20)21)14(18(3)4)16-8-15-13/h5-8H,1-4H3,(H,15,16,17). The van der Waals surface area contributed by atoms with Crippen molar-refractivity contribution in [2.75, 3.05) is 24.3 Å². The van der Waals surface area contributed by atoms with E-state index in [1.54, 1.807) is 19.0 Å². The number of aryl methyl sites for hydroxylation is 2. The van der Waals surface area contributed by atoms with Crippen LogP contribution in [0.15, 0.2) is 24.5 Å². The minimum atomic E-state index is -0.473. The SMILES string of the molecule is Cc1ccc(Nc2ncnc(N(C)C)c2[N+](=O)[O-])cc1C. The maximum absolute atomic E-state index is 11.3. The fraction of sp³-hybridized carbons (Fsp3) is 0.286. The van der Waals surface area contributed by atoms with E-state index in [0.29, 0.717) is 0 Å². The Labute approximate surface area is 122 Å². The van der Waals surface area contributed by atoms with Gasteiger partial charge in [-0.1, -0.05) is 6.07 Å². The zero-order valence-corrected chi connectivity index (χ0v) is 12.4. The summed E-state index contributed by atoms with van der Waals surface area (Å²) in [7, 11) is 3.41. The lowest BCUT2D eigenvalue weighted by molar-refractivity contribution is -0.383. The molecule has 2 aromatic rings. The molecule has 1 aromatic heterocycles. The van der Waals surface area contributed by atoms with E-state index < -0.39 is 4.92 Å². The van der Waals surface area contributed by atoms with Crippen LogP contribution in [0.1, 0.15) is 11.1 Å². The van der Waals surface area contributed by atoms with Gasteiger partial charge < -0.3 is 10.2 Å². The van der Waals surface area contributed by atoms with E-state index in [2.05, 4.69) is 15.3 Å². The van der Waals surface area contributed by atoms with Gasteiger partial charge in [0.25, 0.3) is 0 Å². The molecule has 0 radical (unpaired) electrons. The monoisotopic (exact) mass is 287 g/mol. The summed E-state index contributed by atoms with van der Waals surface area (Å²) in [5.74, 6) is 0.447. The molecule has 1 aromatic carbocycles. The molecule has 0 saturated carbocycles. The molecule has 1 heterocycles. The topological polar surface area (TPSA) is 84.2 Å². The van der Waals surface area contributed by atoms with Gasteiger partial charge in [0.1, 0.15) is 6.33 Å². The molecule has 0 atom stereocenters. The number of aromatic nitrogens is 2. The molecular weight excluding hydrogens is 270 g/mol. The fourth-order valence-corrected chi connectivity index (χ4v) is 1.91. The quantitative estimate of drug-likeness (QED) is 0.687. The summed E-state index contributed by atoms with van der Waals surface area (Å²) >= 11 is 0. The second-order valence-electron chi connectivity index (χ2n) is 4.97. The van der Waals surface area contributed by atoms with Crippen molar-refractivity contribution in [2.24, 2.45) is 0 Å². The van der Waals surface area contributed by atoms with E-state index in [-0.39, 0.29) is 17.3 Å². The maximum Gasteiger partial charge on any atom is 0.353 e. The summed E-state index contributed by atoms with van der Waals surface area (Å²) in [6.07, 6.45) is 1.31. The summed E-state index contributed by atoms with van der Waals surface area (Å²) in [4.78, 5) is 20.4. The van der Waals surface area contributed by atoms with Gasteiger partial charge in [-0.2, -0.15) is 0 Å². The van der Waals surface area contributed by atoms with Crippen LogP contribution in [0, 0.1) is 24.0 Å². The highest BCUT2D eigenvalue weighted by molar-refractivity contribution is 5.74. The summed E-state index contributed by atoms with van der Waals surface area (Å²) in [5, 5.41) is 14.3. The zero-order chi connectivity index (χ0) is 15.6. The van der Waals surface area contributed by atoms with E-state index in [1.165, 1.54) is 6.33 Å². The summed E-state index contributed by atoms with van der Waals surface area (Å²) in [5.41, 5.74) is 2.88. The van der Waals surface area contributed by atoms with Crippen molar-refractivity contribution in [3.63, 3.8) is 0 Å². The normalized spacial score (nSPS) is 10.3. The average Bonchev–Trinajstić information content (AvgIpc) is 2.42. The third-order valence-electron chi connectivity index (χ3n) is 3.18. The molecule has 0 aliphatic rings. The number of nitro groups is 1. The average molecular weight is 287 g/mol. The van der Waals surface area contributed by atoms with Gasteiger partial charge in [-0.25, -0.2) is 9.97 Å². The Morgan fingerprint density at radius 1 is 1.19 bits per heavy atom. The first-order valence-electron chi connectivity index (χ1n) is 6.41. The van der Waals surface area contributed by atoms with Crippen molar-refractivity contribution >= 4 is 23.0 Å². The molecule has 0 fully saturated rings. The van der Waals surface area contributed by atoms with Crippen LogP contribution >= 0.6 is 0 Å². The minimum Gasteiger partial charge on any atom is -0.357 e. The highest BCUT2D eigenvalue weighted by Crippen LogP contribution is 2.32. The Kier molecular flexibility index (Phi) is 4.02. The van der Waals surface area contributed by atoms with Crippen LogP contribution < -0.4 is 10.2 Å². The highest BCUT2D eigenvalue weighted by atomic mass is 16.6. The lowest BCUT2D eigenvalue weighted by Crippen LogP contribution is -2.14. The van der Waals surface area contributed by atoms with Crippen LogP contribution in [0.25, 0.3) is 0 Å². The Hall–Kier alpha value is -2.70. The van der Waals surface area contributed by atoms with E-state index in [1.807, 2.05) is 32.0 Å². The van der Waals surface area contributed by atoms with Crippen molar-refractivity contribution in [3.8, 4) is 0 Å². The predicted octanol–water partition coefficient (Wildman–Crippen LogP) is 2.81. The van der Waals surface area contributed by atoms with Crippen molar-refractivity contribution < 1.29 is 4.92 Å². The summed E-state index contributed by atoms with van der Waals surface area (Å²) < 4.78 is 0. The molecule has 1 N–H and O–H groups in total. The fourth-order valence-electron chi connectivity index (χ4n) is 1.91. The van der Waals surface area contributed by atoms with E-state index >= 15 is 0 Å².